The summed E-state index contributed by atoms with van der Waals surface area (Å²) in [4.78, 5) is 13.5. The molecule has 1 aromatic carbocycles. The molecule has 0 bridgehead atoms. The summed E-state index contributed by atoms with van der Waals surface area (Å²) >= 11 is 0. The summed E-state index contributed by atoms with van der Waals surface area (Å²) < 4.78 is 24.3. The van der Waals surface area contributed by atoms with E-state index in [2.05, 4.69) is 9.97 Å². The summed E-state index contributed by atoms with van der Waals surface area (Å²) in [5.74, 6) is 3.80. The SMILES string of the molecule is COc1cc(-c2nc(Cn3ccnc3-c3ccccn3)c(C)o2)cc2c1OCO2. The van der Waals surface area contributed by atoms with Crippen LogP contribution in [0.4, 0.5) is 0 Å². The second-order valence-electron chi connectivity index (χ2n) is 6.53. The van der Waals surface area contributed by atoms with Gasteiger partial charge in [0, 0.05) is 24.2 Å². The number of ether oxygens (including phenoxy) is 3. The second-order valence-corrected chi connectivity index (χ2v) is 6.53. The predicted octanol–water partition coefficient (Wildman–Crippen LogP) is 3.69. The molecule has 4 heterocycles. The summed E-state index contributed by atoms with van der Waals surface area (Å²) in [6.07, 6.45) is 5.41. The summed E-state index contributed by atoms with van der Waals surface area (Å²) in [5, 5.41) is 0. The lowest BCUT2D eigenvalue weighted by molar-refractivity contribution is 0.171. The molecule has 8 nitrogen and oxygen atoms in total. The Morgan fingerprint density at radius 1 is 1.14 bits per heavy atom. The van der Waals surface area contributed by atoms with Gasteiger partial charge in [0.2, 0.25) is 18.4 Å². The molecule has 146 valence electrons. The van der Waals surface area contributed by atoms with Crippen LogP contribution in [-0.4, -0.2) is 33.4 Å². The highest BCUT2D eigenvalue weighted by Crippen LogP contribution is 2.44. The first-order valence-corrected chi connectivity index (χ1v) is 9.10. The maximum absolute atomic E-state index is 5.94. The van der Waals surface area contributed by atoms with Gasteiger partial charge in [0.1, 0.15) is 17.1 Å². The zero-order valence-corrected chi connectivity index (χ0v) is 16.0. The fourth-order valence-corrected chi connectivity index (χ4v) is 3.28. The number of fused-ring (bicyclic) bond motifs is 1. The van der Waals surface area contributed by atoms with Crippen LogP contribution < -0.4 is 14.2 Å². The minimum absolute atomic E-state index is 0.169. The molecule has 0 atom stereocenters. The van der Waals surface area contributed by atoms with Gasteiger partial charge in [-0.05, 0) is 31.2 Å². The quantitative estimate of drug-likeness (QED) is 0.514. The summed E-state index contributed by atoms with van der Waals surface area (Å²) in [5.41, 5.74) is 2.38. The molecule has 0 fully saturated rings. The van der Waals surface area contributed by atoms with Gasteiger partial charge < -0.3 is 23.2 Å². The minimum Gasteiger partial charge on any atom is -0.493 e. The third-order valence-corrected chi connectivity index (χ3v) is 4.73. The van der Waals surface area contributed by atoms with Crippen LogP contribution >= 0.6 is 0 Å². The number of aryl methyl sites for hydroxylation is 1. The van der Waals surface area contributed by atoms with E-state index < -0.39 is 0 Å². The fraction of sp³-hybridized carbons (Fsp3) is 0.190. The molecule has 0 saturated heterocycles. The van der Waals surface area contributed by atoms with Crippen molar-refractivity contribution in [1.82, 2.24) is 19.5 Å². The smallest absolute Gasteiger partial charge is 0.231 e. The Kier molecular flexibility index (Phi) is 4.16. The first-order valence-electron chi connectivity index (χ1n) is 9.10. The van der Waals surface area contributed by atoms with Crippen molar-refractivity contribution in [2.24, 2.45) is 0 Å². The molecule has 0 unspecified atom stereocenters. The van der Waals surface area contributed by atoms with Crippen molar-refractivity contribution < 1.29 is 18.6 Å². The van der Waals surface area contributed by atoms with Gasteiger partial charge in [-0.15, -0.1) is 0 Å². The number of oxazole rings is 1. The van der Waals surface area contributed by atoms with Crippen LogP contribution in [0.15, 0.2) is 53.3 Å². The molecule has 5 rings (SSSR count). The zero-order valence-electron chi connectivity index (χ0n) is 16.0. The van der Waals surface area contributed by atoms with Gasteiger partial charge in [0.15, 0.2) is 17.3 Å². The second kappa shape index (κ2) is 6.97. The van der Waals surface area contributed by atoms with Crippen molar-refractivity contribution in [1.29, 1.82) is 0 Å². The van der Waals surface area contributed by atoms with Crippen LogP contribution in [-0.2, 0) is 6.54 Å². The molecule has 1 aliphatic rings. The molecule has 1 aliphatic heterocycles. The highest BCUT2D eigenvalue weighted by Gasteiger charge is 2.23. The highest BCUT2D eigenvalue weighted by atomic mass is 16.7. The largest absolute Gasteiger partial charge is 0.493 e. The fourth-order valence-electron chi connectivity index (χ4n) is 3.28. The lowest BCUT2D eigenvalue weighted by atomic mass is 10.2. The molecule has 3 aromatic heterocycles. The summed E-state index contributed by atoms with van der Waals surface area (Å²) in [6.45, 7) is 2.58. The average molecular weight is 390 g/mol. The van der Waals surface area contributed by atoms with E-state index in [-0.39, 0.29) is 6.79 Å². The maximum atomic E-state index is 5.94. The zero-order chi connectivity index (χ0) is 19.8. The van der Waals surface area contributed by atoms with E-state index >= 15 is 0 Å². The highest BCUT2D eigenvalue weighted by molar-refractivity contribution is 5.66. The molecule has 0 N–H and O–H groups in total. The lowest BCUT2D eigenvalue weighted by Gasteiger charge is -2.06. The first kappa shape index (κ1) is 17.3. The van der Waals surface area contributed by atoms with Crippen molar-refractivity contribution in [3.8, 4) is 40.2 Å². The molecule has 29 heavy (non-hydrogen) atoms. The van der Waals surface area contributed by atoms with Gasteiger partial charge in [-0.3, -0.25) is 4.98 Å². The van der Waals surface area contributed by atoms with Crippen LogP contribution in [0.2, 0.25) is 0 Å². The Bertz CT molecular complexity index is 1170. The summed E-state index contributed by atoms with van der Waals surface area (Å²) in [7, 11) is 1.59. The Hall–Kier alpha value is -3.81. The van der Waals surface area contributed by atoms with E-state index in [4.69, 9.17) is 23.6 Å². The Morgan fingerprint density at radius 3 is 2.90 bits per heavy atom. The van der Waals surface area contributed by atoms with Gasteiger partial charge in [-0.2, -0.15) is 0 Å². The van der Waals surface area contributed by atoms with Crippen LogP contribution in [0.3, 0.4) is 0 Å². The average Bonchev–Trinajstić information content (AvgIpc) is 3.48. The first-order chi connectivity index (χ1) is 14.2. The number of nitrogens with zero attached hydrogens (tertiary/aromatic N) is 4. The number of aromatic nitrogens is 4. The van der Waals surface area contributed by atoms with Gasteiger partial charge in [0.25, 0.3) is 0 Å². The number of methoxy groups -OCH3 is 1. The van der Waals surface area contributed by atoms with Gasteiger partial charge >= 0.3 is 0 Å². The third-order valence-electron chi connectivity index (χ3n) is 4.73. The number of pyridine rings is 1. The van der Waals surface area contributed by atoms with E-state index in [1.54, 1.807) is 19.5 Å². The van der Waals surface area contributed by atoms with Crippen LogP contribution in [0.5, 0.6) is 17.2 Å². The number of hydrogen-bond acceptors (Lipinski definition) is 7. The van der Waals surface area contributed by atoms with Gasteiger partial charge in [-0.25, -0.2) is 9.97 Å². The molecule has 0 saturated carbocycles. The normalized spacial score (nSPS) is 12.3. The maximum Gasteiger partial charge on any atom is 0.231 e. The Labute approximate surface area is 166 Å². The molecule has 0 amide bonds. The molecular weight excluding hydrogens is 372 g/mol. The number of imidazole rings is 1. The molecule has 8 heteroatoms. The van der Waals surface area contributed by atoms with Crippen LogP contribution in [0.25, 0.3) is 23.0 Å². The van der Waals surface area contributed by atoms with E-state index in [9.17, 15) is 0 Å². The monoisotopic (exact) mass is 390 g/mol. The lowest BCUT2D eigenvalue weighted by Crippen LogP contribution is -2.03. The number of benzene rings is 1. The minimum atomic E-state index is 0.169. The third kappa shape index (κ3) is 3.08. The van der Waals surface area contributed by atoms with E-state index in [0.717, 1.165) is 28.5 Å². The van der Waals surface area contributed by atoms with E-state index in [1.807, 2.05) is 48.0 Å². The molecule has 0 spiro atoms. The van der Waals surface area contributed by atoms with Crippen molar-refractivity contribution in [2.45, 2.75) is 13.5 Å². The Balaban J connectivity index is 1.48. The predicted molar refractivity (Wildman–Crippen MR) is 104 cm³/mol. The molecule has 4 aromatic rings. The molecular formula is C21H18N4O4. The number of rotatable bonds is 5. The summed E-state index contributed by atoms with van der Waals surface area (Å²) in [6, 6.07) is 9.42. The van der Waals surface area contributed by atoms with Gasteiger partial charge in [-0.1, -0.05) is 6.07 Å². The van der Waals surface area contributed by atoms with Crippen molar-refractivity contribution in [3.05, 3.63) is 60.4 Å². The molecule has 0 aliphatic carbocycles. The molecule has 0 radical (unpaired) electrons. The van der Waals surface area contributed by atoms with Crippen LogP contribution in [0, 0.1) is 6.92 Å². The van der Waals surface area contributed by atoms with Crippen molar-refractivity contribution in [3.63, 3.8) is 0 Å². The number of hydrogen-bond donors (Lipinski definition) is 0. The van der Waals surface area contributed by atoms with Crippen LogP contribution in [0.1, 0.15) is 11.5 Å². The topological polar surface area (TPSA) is 84.4 Å². The Morgan fingerprint density at radius 2 is 2.07 bits per heavy atom. The van der Waals surface area contributed by atoms with E-state index in [0.29, 0.717) is 29.7 Å². The van der Waals surface area contributed by atoms with Crippen molar-refractivity contribution in [2.75, 3.05) is 13.9 Å². The van der Waals surface area contributed by atoms with Gasteiger partial charge in [0.05, 0.1) is 13.7 Å². The van der Waals surface area contributed by atoms with Crippen molar-refractivity contribution >= 4 is 0 Å². The standard InChI is InChI=1S/C21H18N4O4/c1-13-16(11-25-8-7-23-20(25)15-5-3-4-6-22-15)24-21(29-13)14-9-17(26-2)19-18(10-14)27-12-28-19/h3-10H,11-12H2,1-2H3. The van der Waals surface area contributed by atoms with E-state index in [1.165, 1.54) is 0 Å².